The van der Waals surface area contributed by atoms with E-state index in [0.717, 1.165) is 12.0 Å². The van der Waals surface area contributed by atoms with E-state index in [1.54, 1.807) is 0 Å². The molecule has 0 radical (unpaired) electrons. The van der Waals surface area contributed by atoms with Crippen LogP contribution in [0.4, 0.5) is 0 Å². The Labute approximate surface area is 146 Å². The number of rotatable bonds is 7. The average Bonchev–Trinajstić information content (AvgIpc) is 3.44. The predicted octanol–water partition coefficient (Wildman–Crippen LogP) is 3.18. The Hall–Kier alpha value is -2.95. The van der Waals surface area contributed by atoms with Crippen molar-refractivity contribution >= 4 is 17.6 Å². The molecule has 1 fully saturated rings. The van der Waals surface area contributed by atoms with E-state index in [0.29, 0.717) is 5.71 Å². The maximum atomic E-state index is 12.3. The summed E-state index contributed by atoms with van der Waals surface area (Å²) in [6.07, 6.45) is 1.06. The lowest BCUT2D eigenvalue weighted by Crippen LogP contribution is -2.22. The van der Waals surface area contributed by atoms with E-state index in [1.165, 1.54) is 5.56 Å². The molecule has 1 aliphatic rings. The number of amides is 1. The van der Waals surface area contributed by atoms with E-state index < -0.39 is 5.97 Å². The Kier molecular flexibility index (Phi) is 5.23. The van der Waals surface area contributed by atoms with Crippen LogP contribution in [-0.4, -0.2) is 22.7 Å². The van der Waals surface area contributed by atoms with E-state index in [-0.39, 0.29) is 30.6 Å². The average molecular weight is 336 g/mol. The summed E-state index contributed by atoms with van der Waals surface area (Å²) in [4.78, 5) is 23.2. The molecule has 0 heterocycles. The van der Waals surface area contributed by atoms with Gasteiger partial charge >= 0.3 is 5.97 Å². The highest BCUT2D eigenvalue weighted by molar-refractivity contribution is 6.02. The van der Waals surface area contributed by atoms with E-state index in [2.05, 4.69) is 10.5 Å². The molecular weight excluding hydrogens is 316 g/mol. The standard InChI is InChI=1S/C20H20N2O3/c23-19(24)12-11-18(15-9-5-2-6-10-15)21-22-20(25)17-13-16(17)14-7-3-1-4-8-14/h1-10,16-17H,11-13H2,(H,22,25)(H,23,24)/t16-,17+/m1/s1. The lowest BCUT2D eigenvalue weighted by atomic mass is 10.1. The van der Waals surface area contributed by atoms with Crippen LogP contribution in [0.2, 0.25) is 0 Å². The van der Waals surface area contributed by atoms with Gasteiger partial charge in [0.1, 0.15) is 0 Å². The van der Waals surface area contributed by atoms with Gasteiger partial charge in [0, 0.05) is 12.3 Å². The summed E-state index contributed by atoms with van der Waals surface area (Å²) in [6, 6.07) is 19.3. The SMILES string of the molecule is O=C(O)CCC(=NNC(=O)[C@H]1C[C@@H]1c1ccccc1)c1ccccc1. The molecular formula is C20H20N2O3. The number of carboxylic acids is 1. The first kappa shape index (κ1) is 16.9. The van der Waals surface area contributed by atoms with E-state index in [4.69, 9.17) is 5.11 Å². The second-order valence-corrected chi connectivity index (χ2v) is 6.15. The van der Waals surface area contributed by atoms with Gasteiger partial charge in [-0.1, -0.05) is 60.7 Å². The van der Waals surface area contributed by atoms with Crippen molar-refractivity contribution in [1.82, 2.24) is 5.43 Å². The van der Waals surface area contributed by atoms with E-state index in [1.807, 2.05) is 60.7 Å². The van der Waals surface area contributed by atoms with Crippen LogP contribution < -0.4 is 5.43 Å². The molecule has 1 aliphatic carbocycles. The third kappa shape index (κ3) is 4.53. The number of carbonyl (C=O) groups excluding carboxylic acids is 1. The Morgan fingerprint density at radius 2 is 1.64 bits per heavy atom. The Bertz CT molecular complexity index is 772. The maximum Gasteiger partial charge on any atom is 0.303 e. The molecule has 2 N–H and O–H groups in total. The van der Waals surface area contributed by atoms with Gasteiger partial charge in [-0.2, -0.15) is 5.10 Å². The van der Waals surface area contributed by atoms with Crippen LogP contribution in [0.25, 0.3) is 0 Å². The quantitative estimate of drug-likeness (QED) is 0.602. The van der Waals surface area contributed by atoms with Gasteiger partial charge in [0.25, 0.3) is 0 Å². The highest BCUT2D eigenvalue weighted by Crippen LogP contribution is 2.47. The Morgan fingerprint density at radius 3 is 2.28 bits per heavy atom. The van der Waals surface area contributed by atoms with Gasteiger partial charge in [-0.3, -0.25) is 9.59 Å². The minimum Gasteiger partial charge on any atom is -0.481 e. The number of aliphatic carboxylic acids is 1. The molecule has 5 heteroatoms. The van der Waals surface area contributed by atoms with Gasteiger partial charge in [-0.05, 0) is 23.5 Å². The second-order valence-electron chi connectivity index (χ2n) is 6.15. The molecule has 128 valence electrons. The summed E-state index contributed by atoms with van der Waals surface area (Å²) in [7, 11) is 0. The molecule has 0 saturated heterocycles. The molecule has 0 spiro atoms. The number of carboxylic acid groups (broad SMARTS) is 1. The lowest BCUT2D eigenvalue weighted by molar-refractivity contribution is -0.136. The van der Waals surface area contributed by atoms with Crippen molar-refractivity contribution in [3.63, 3.8) is 0 Å². The molecule has 0 unspecified atom stereocenters. The number of nitrogens with one attached hydrogen (secondary N) is 1. The van der Waals surface area contributed by atoms with Crippen LogP contribution in [-0.2, 0) is 9.59 Å². The highest BCUT2D eigenvalue weighted by Gasteiger charge is 2.43. The van der Waals surface area contributed by atoms with E-state index >= 15 is 0 Å². The monoisotopic (exact) mass is 336 g/mol. The largest absolute Gasteiger partial charge is 0.481 e. The first-order valence-corrected chi connectivity index (χ1v) is 8.33. The second kappa shape index (κ2) is 7.75. The number of hydrogen-bond donors (Lipinski definition) is 2. The van der Waals surface area contributed by atoms with Crippen molar-refractivity contribution in [3.05, 3.63) is 71.8 Å². The van der Waals surface area contributed by atoms with Gasteiger partial charge < -0.3 is 5.11 Å². The molecule has 2 aromatic carbocycles. The topological polar surface area (TPSA) is 78.8 Å². The van der Waals surface area contributed by atoms with Crippen molar-refractivity contribution in [3.8, 4) is 0 Å². The Morgan fingerprint density at radius 1 is 1.00 bits per heavy atom. The number of hydrazone groups is 1. The number of benzene rings is 2. The zero-order valence-electron chi connectivity index (χ0n) is 13.8. The van der Waals surface area contributed by atoms with Crippen molar-refractivity contribution in [2.45, 2.75) is 25.2 Å². The summed E-state index contributed by atoms with van der Waals surface area (Å²) in [5.41, 5.74) is 5.19. The lowest BCUT2D eigenvalue weighted by Gasteiger charge is -2.06. The molecule has 25 heavy (non-hydrogen) atoms. The van der Waals surface area contributed by atoms with Crippen molar-refractivity contribution in [1.29, 1.82) is 0 Å². The fraction of sp³-hybridized carbons (Fsp3) is 0.250. The first-order valence-electron chi connectivity index (χ1n) is 8.33. The molecule has 2 atom stereocenters. The fourth-order valence-electron chi connectivity index (χ4n) is 2.88. The summed E-state index contributed by atoms with van der Waals surface area (Å²) in [5.74, 6) is -0.822. The summed E-state index contributed by atoms with van der Waals surface area (Å²) in [5, 5.41) is 13.1. The van der Waals surface area contributed by atoms with Crippen LogP contribution in [0.3, 0.4) is 0 Å². The van der Waals surface area contributed by atoms with Crippen molar-refractivity contribution in [2.75, 3.05) is 0 Å². The molecule has 3 rings (SSSR count). The number of nitrogens with zero attached hydrogens (tertiary/aromatic N) is 1. The summed E-state index contributed by atoms with van der Waals surface area (Å²) in [6.45, 7) is 0. The third-order valence-electron chi connectivity index (χ3n) is 4.34. The van der Waals surface area contributed by atoms with Crippen LogP contribution in [0.15, 0.2) is 65.8 Å². The van der Waals surface area contributed by atoms with Crippen molar-refractivity contribution < 1.29 is 14.7 Å². The Balaban J connectivity index is 1.65. The van der Waals surface area contributed by atoms with Crippen LogP contribution in [0.5, 0.6) is 0 Å². The molecule has 5 nitrogen and oxygen atoms in total. The first-order chi connectivity index (χ1) is 12.1. The fourth-order valence-corrected chi connectivity index (χ4v) is 2.88. The number of carbonyl (C=O) groups is 2. The maximum absolute atomic E-state index is 12.3. The van der Waals surface area contributed by atoms with Gasteiger partial charge in [0.2, 0.25) is 5.91 Å². The summed E-state index contributed by atoms with van der Waals surface area (Å²) < 4.78 is 0. The zero-order valence-corrected chi connectivity index (χ0v) is 13.8. The number of hydrogen-bond acceptors (Lipinski definition) is 3. The molecule has 1 saturated carbocycles. The molecule has 0 bridgehead atoms. The van der Waals surface area contributed by atoms with Gasteiger partial charge in [0.15, 0.2) is 0 Å². The normalized spacial score (nSPS) is 19.3. The van der Waals surface area contributed by atoms with Crippen LogP contribution in [0, 0.1) is 5.92 Å². The highest BCUT2D eigenvalue weighted by atomic mass is 16.4. The van der Waals surface area contributed by atoms with Crippen LogP contribution in [0.1, 0.15) is 36.3 Å². The predicted molar refractivity (Wildman–Crippen MR) is 95.3 cm³/mol. The van der Waals surface area contributed by atoms with Crippen molar-refractivity contribution in [2.24, 2.45) is 11.0 Å². The van der Waals surface area contributed by atoms with Gasteiger partial charge in [0.05, 0.1) is 12.1 Å². The molecule has 2 aromatic rings. The van der Waals surface area contributed by atoms with Gasteiger partial charge in [-0.25, -0.2) is 5.43 Å². The summed E-state index contributed by atoms with van der Waals surface area (Å²) >= 11 is 0. The van der Waals surface area contributed by atoms with Gasteiger partial charge in [-0.15, -0.1) is 0 Å². The smallest absolute Gasteiger partial charge is 0.303 e. The zero-order chi connectivity index (χ0) is 17.6. The molecule has 1 amide bonds. The molecule has 0 aromatic heterocycles. The third-order valence-corrected chi connectivity index (χ3v) is 4.34. The van der Waals surface area contributed by atoms with Crippen LogP contribution >= 0.6 is 0 Å². The minimum atomic E-state index is -0.888. The molecule has 0 aliphatic heterocycles. The minimum absolute atomic E-state index is 0.0281. The van der Waals surface area contributed by atoms with E-state index in [9.17, 15) is 9.59 Å².